The standard InChI is InChI=1S/C23H31N5O2S/c1-4-11-24-23(30)18-6-5-12-28(14-18)20-9-10-22(27-26-20)31-15-21(29)25-19-8-7-16(2)17(3)13-19/h7-10,13,18H,4-6,11-12,14-15H2,1-3H3,(H,24,30)(H,25,29)/t18-/m1/s1. The van der Waals surface area contributed by atoms with Crippen LogP contribution in [-0.2, 0) is 9.59 Å². The second-order valence-corrected chi connectivity index (χ2v) is 8.94. The number of carbonyl (C=O) groups is 2. The van der Waals surface area contributed by atoms with Crippen LogP contribution in [-0.4, -0.2) is 47.4 Å². The molecule has 1 atom stereocenters. The number of piperidine rings is 1. The third kappa shape index (κ3) is 6.69. The van der Waals surface area contributed by atoms with Gasteiger partial charge >= 0.3 is 0 Å². The lowest BCUT2D eigenvalue weighted by atomic mass is 9.97. The Labute approximate surface area is 188 Å². The molecule has 3 rings (SSSR count). The van der Waals surface area contributed by atoms with Gasteiger partial charge in [0, 0.05) is 25.3 Å². The van der Waals surface area contributed by atoms with Crippen molar-refractivity contribution in [3.63, 3.8) is 0 Å². The molecular formula is C23H31N5O2S. The number of rotatable bonds is 8. The van der Waals surface area contributed by atoms with Gasteiger partial charge in [-0.1, -0.05) is 24.8 Å². The molecule has 0 unspecified atom stereocenters. The smallest absolute Gasteiger partial charge is 0.234 e. The first-order valence-electron chi connectivity index (χ1n) is 10.8. The minimum Gasteiger partial charge on any atom is -0.356 e. The van der Waals surface area contributed by atoms with Gasteiger partial charge in [0.05, 0.1) is 11.7 Å². The maximum absolute atomic E-state index is 12.3. The molecule has 2 heterocycles. The molecule has 1 saturated heterocycles. The summed E-state index contributed by atoms with van der Waals surface area (Å²) in [5, 5.41) is 15.2. The molecule has 1 aromatic heterocycles. The molecular weight excluding hydrogens is 410 g/mol. The number of anilines is 2. The van der Waals surface area contributed by atoms with Crippen LogP contribution in [0.2, 0.25) is 0 Å². The zero-order valence-electron chi connectivity index (χ0n) is 18.5. The summed E-state index contributed by atoms with van der Waals surface area (Å²) in [7, 11) is 0. The summed E-state index contributed by atoms with van der Waals surface area (Å²) in [5.74, 6) is 1.09. The van der Waals surface area contributed by atoms with Crippen molar-refractivity contribution < 1.29 is 9.59 Å². The highest BCUT2D eigenvalue weighted by Crippen LogP contribution is 2.23. The van der Waals surface area contributed by atoms with Crippen LogP contribution in [0.5, 0.6) is 0 Å². The molecule has 1 aliphatic rings. The Hall–Kier alpha value is -2.61. The summed E-state index contributed by atoms with van der Waals surface area (Å²) < 4.78 is 0. The van der Waals surface area contributed by atoms with Crippen molar-refractivity contribution in [2.75, 3.05) is 35.6 Å². The number of nitrogens with one attached hydrogen (secondary N) is 2. The van der Waals surface area contributed by atoms with Crippen molar-refractivity contribution in [3.05, 3.63) is 41.5 Å². The Morgan fingerprint density at radius 1 is 1.16 bits per heavy atom. The van der Waals surface area contributed by atoms with Gasteiger partial charge in [0.1, 0.15) is 5.03 Å². The van der Waals surface area contributed by atoms with E-state index >= 15 is 0 Å². The number of amides is 2. The van der Waals surface area contributed by atoms with Gasteiger partial charge in [-0.05, 0) is 68.5 Å². The van der Waals surface area contributed by atoms with Gasteiger partial charge in [0.25, 0.3) is 0 Å². The predicted molar refractivity (Wildman–Crippen MR) is 126 cm³/mol. The van der Waals surface area contributed by atoms with Crippen LogP contribution in [0.25, 0.3) is 0 Å². The number of nitrogens with zero attached hydrogens (tertiary/aromatic N) is 3. The van der Waals surface area contributed by atoms with Gasteiger partial charge in [-0.2, -0.15) is 0 Å². The molecule has 0 bridgehead atoms. The molecule has 0 saturated carbocycles. The monoisotopic (exact) mass is 441 g/mol. The fourth-order valence-corrected chi connectivity index (χ4v) is 4.12. The van der Waals surface area contributed by atoms with Crippen molar-refractivity contribution in [1.82, 2.24) is 15.5 Å². The number of carbonyl (C=O) groups excluding carboxylic acids is 2. The fraction of sp³-hybridized carbons (Fsp3) is 0.478. The molecule has 2 amide bonds. The van der Waals surface area contributed by atoms with E-state index in [0.717, 1.165) is 49.4 Å². The highest BCUT2D eigenvalue weighted by Gasteiger charge is 2.26. The van der Waals surface area contributed by atoms with Crippen molar-refractivity contribution in [3.8, 4) is 0 Å². The lowest BCUT2D eigenvalue weighted by molar-refractivity contribution is -0.125. The minimum absolute atomic E-state index is 0.00902. The molecule has 0 aliphatic carbocycles. The SMILES string of the molecule is CCCNC(=O)[C@@H]1CCCN(c2ccc(SCC(=O)Nc3ccc(C)c(C)c3)nn2)C1. The molecule has 1 aromatic carbocycles. The zero-order chi connectivity index (χ0) is 22.2. The summed E-state index contributed by atoms with van der Waals surface area (Å²) in [6.07, 6.45) is 2.81. The first-order chi connectivity index (χ1) is 15.0. The normalized spacial score (nSPS) is 16.1. The third-order valence-electron chi connectivity index (χ3n) is 5.43. The highest BCUT2D eigenvalue weighted by atomic mass is 32.2. The molecule has 31 heavy (non-hydrogen) atoms. The molecule has 8 heteroatoms. The number of hydrogen-bond acceptors (Lipinski definition) is 6. The Bertz CT molecular complexity index is 903. The third-order valence-corrected chi connectivity index (χ3v) is 6.35. The molecule has 166 valence electrons. The predicted octanol–water partition coefficient (Wildman–Crippen LogP) is 3.57. The highest BCUT2D eigenvalue weighted by molar-refractivity contribution is 7.99. The van der Waals surface area contributed by atoms with E-state index in [1.165, 1.54) is 17.3 Å². The van der Waals surface area contributed by atoms with Gasteiger partial charge in [-0.3, -0.25) is 9.59 Å². The van der Waals surface area contributed by atoms with E-state index in [1.807, 2.05) is 44.2 Å². The quantitative estimate of drug-likeness (QED) is 0.609. The van der Waals surface area contributed by atoms with E-state index in [4.69, 9.17) is 0 Å². The summed E-state index contributed by atoms with van der Waals surface area (Å²) in [5.41, 5.74) is 3.15. The Balaban J connectivity index is 1.49. The number of aromatic nitrogens is 2. The van der Waals surface area contributed by atoms with Gasteiger partial charge in [-0.15, -0.1) is 10.2 Å². The summed E-state index contributed by atoms with van der Waals surface area (Å²) in [6.45, 7) is 8.38. The number of benzene rings is 1. The van der Waals surface area contributed by atoms with Crippen LogP contribution < -0.4 is 15.5 Å². The lowest BCUT2D eigenvalue weighted by Gasteiger charge is -2.32. The van der Waals surface area contributed by atoms with E-state index < -0.39 is 0 Å². The van der Waals surface area contributed by atoms with Crippen LogP contribution in [0.4, 0.5) is 11.5 Å². The maximum atomic E-state index is 12.3. The topological polar surface area (TPSA) is 87.2 Å². The molecule has 7 nitrogen and oxygen atoms in total. The van der Waals surface area contributed by atoms with Crippen LogP contribution in [0, 0.1) is 19.8 Å². The Kier molecular flexibility index (Phi) is 8.28. The Morgan fingerprint density at radius 3 is 2.71 bits per heavy atom. The average molecular weight is 442 g/mol. The van der Waals surface area contributed by atoms with Crippen LogP contribution in [0.1, 0.15) is 37.3 Å². The molecule has 0 spiro atoms. The second-order valence-electron chi connectivity index (χ2n) is 7.94. The van der Waals surface area contributed by atoms with E-state index in [2.05, 4.69) is 32.7 Å². The average Bonchev–Trinajstić information content (AvgIpc) is 2.79. The molecule has 1 aliphatic heterocycles. The minimum atomic E-state index is -0.0731. The van der Waals surface area contributed by atoms with Crippen LogP contribution in [0.15, 0.2) is 35.4 Å². The largest absolute Gasteiger partial charge is 0.356 e. The molecule has 1 fully saturated rings. The first kappa shape index (κ1) is 23.1. The fourth-order valence-electron chi connectivity index (χ4n) is 3.51. The van der Waals surface area contributed by atoms with E-state index in [9.17, 15) is 9.59 Å². The van der Waals surface area contributed by atoms with Crippen molar-refractivity contribution in [2.24, 2.45) is 5.92 Å². The summed E-state index contributed by atoms with van der Waals surface area (Å²) in [6, 6.07) is 9.69. The number of hydrogen-bond donors (Lipinski definition) is 2. The van der Waals surface area contributed by atoms with E-state index in [-0.39, 0.29) is 23.5 Å². The Morgan fingerprint density at radius 2 is 2.00 bits per heavy atom. The van der Waals surface area contributed by atoms with Gasteiger partial charge in [0.15, 0.2) is 5.82 Å². The van der Waals surface area contributed by atoms with E-state index in [1.54, 1.807) is 0 Å². The van der Waals surface area contributed by atoms with E-state index in [0.29, 0.717) is 11.6 Å². The summed E-state index contributed by atoms with van der Waals surface area (Å²) in [4.78, 5) is 26.7. The van der Waals surface area contributed by atoms with Crippen LogP contribution >= 0.6 is 11.8 Å². The number of thioether (sulfide) groups is 1. The van der Waals surface area contributed by atoms with Crippen molar-refractivity contribution in [2.45, 2.75) is 45.1 Å². The lowest BCUT2D eigenvalue weighted by Crippen LogP contribution is -2.43. The molecule has 2 N–H and O–H groups in total. The van der Waals surface area contributed by atoms with Crippen molar-refractivity contribution in [1.29, 1.82) is 0 Å². The molecule has 2 aromatic rings. The summed E-state index contributed by atoms with van der Waals surface area (Å²) >= 11 is 1.36. The number of aryl methyl sites for hydroxylation is 2. The first-order valence-corrected chi connectivity index (χ1v) is 11.8. The van der Waals surface area contributed by atoms with Crippen molar-refractivity contribution >= 4 is 35.1 Å². The van der Waals surface area contributed by atoms with Gasteiger partial charge in [-0.25, -0.2) is 0 Å². The maximum Gasteiger partial charge on any atom is 0.234 e. The van der Waals surface area contributed by atoms with Crippen LogP contribution in [0.3, 0.4) is 0 Å². The molecule has 0 radical (unpaired) electrons. The van der Waals surface area contributed by atoms with Gasteiger partial charge in [0.2, 0.25) is 11.8 Å². The second kappa shape index (κ2) is 11.1. The zero-order valence-corrected chi connectivity index (χ0v) is 19.3. The van der Waals surface area contributed by atoms with Gasteiger partial charge < -0.3 is 15.5 Å².